The Hall–Kier alpha value is -0.550. The van der Waals surface area contributed by atoms with E-state index < -0.39 is 11.2 Å². The number of rotatable bonds is 3. The van der Waals surface area contributed by atoms with Crippen LogP contribution < -0.4 is 0 Å². The highest BCUT2D eigenvalue weighted by atomic mass is 35.5. The summed E-state index contributed by atoms with van der Waals surface area (Å²) in [6.07, 6.45) is 3.56. The predicted octanol–water partition coefficient (Wildman–Crippen LogP) is 2.12. The SMILES string of the molecule is COC1(OC)/C(N(C)C)=C(/Cl)C(=O)C/C=C/C1Cl. The minimum atomic E-state index is -1.28. The number of ether oxygens (including phenoxy) is 2. The Balaban J connectivity index is 3.49. The summed E-state index contributed by atoms with van der Waals surface area (Å²) in [4.78, 5) is 13.6. The van der Waals surface area contributed by atoms with Gasteiger partial charge in [-0.25, -0.2) is 0 Å². The van der Waals surface area contributed by atoms with Crippen LogP contribution in [0.25, 0.3) is 0 Å². The van der Waals surface area contributed by atoms with E-state index >= 15 is 0 Å². The molecule has 4 nitrogen and oxygen atoms in total. The average molecular weight is 294 g/mol. The number of halogens is 2. The van der Waals surface area contributed by atoms with Gasteiger partial charge in [0.25, 0.3) is 0 Å². The van der Waals surface area contributed by atoms with E-state index in [1.54, 1.807) is 31.1 Å². The fourth-order valence-electron chi connectivity index (χ4n) is 1.94. The Morgan fingerprint density at radius 2 is 1.94 bits per heavy atom. The average Bonchev–Trinajstić information content (AvgIpc) is 2.33. The minimum Gasteiger partial charge on any atom is -0.375 e. The van der Waals surface area contributed by atoms with Gasteiger partial charge in [-0.15, -0.1) is 11.6 Å². The van der Waals surface area contributed by atoms with Crippen LogP contribution in [0.2, 0.25) is 0 Å². The molecule has 0 aromatic carbocycles. The molecule has 0 heterocycles. The van der Waals surface area contributed by atoms with Gasteiger partial charge in [-0.1, -0.05) is 23.8 Å². The Morgan fingerprint density at radius 1 is 1.39 bits per heavy atom. The highest BCUT2D eigenvalue weighted by Crippen LogP contribution is 2.36. The number of carbonyl (C=O) groups excluding carboxylic acids is 1. The maximum Gasteiger partial charge on any atom is 0.231 e. The van der Waals surface area contributed by atoms with Crippen LogP contribution in [0.3, 0.4) is 0 Å². The van der Waals surface area contributed by atoms with E-state index in [2.05, 4.69) is 0 Å². The topological polar surface area (TPSA) is 38.8 Å². The summed E-state index contributed by atoms with van der Waals surface area (Å²) < 4.78 is 10.9. The molecule has 0 aliphatic heterocycles. The first-order valence-corrected chi connectivity index (χ1v) is 6.24. The van der Waals surface area contributed by atoms with Gasteiger partial charge in [-0.3, -0.25) is 4.79 Å². The number of Topliss-reactive ketones (excluding diaryl/α,β-unsaturated/α-hetero) is 1. The van der Waals surface area contributed by atoms with Crippen molar-refractivity contribution in [3.8, 4) is 0 Å². The van der Waals surface area contributed by atoms with Gasteiger partial charge in [0, 0.05) is 34.7 Å². The first-order chi connectivity index (χ1) is 8.40. The van der Waals surface area contributed by atoms with Crippen LogP contribution in [0.4, 0.5) is 0 Å². The number of ketones is 1. The van der Waals surface area contributed by atoms with Crippen molar-refractivity contribution in [2.24, 2.45) is 0 Å². The number of likely N-dealkylation sites (N-methyl/N-ethyl adjacent to an activating group) is 1. The van der Waals surface area contributed by atoms with Crippen LogP contribution in [0, 0.1) is 0 Å². The van der Waals surface area contributed by atoms with Crippen LogP contribution in [0.1, 0.15) is 6.42 Å². The molecule has 1 atom stereocenters. The molecule has 1 aliphatic carbocycles. The van der Waals surface area contributed by atoms with Gasteiger partial charge in [0.05, 0.1) is 5.70 Å². The van der Waals surface area contributed by atoms with Crippen LogP contribution in [0.5, 0.6) is 0 Å². The number of methoxy groups -OCH3 is 2. The smallest absolute Gasteiger partial charge is 0.231 e. The molecule has 0 bridgehead atoms. The Bertz CT molecular complexity index is 387. The second-order valence-corrected chi connectivity index (χ2v) is 4.94. The predicted molar refractivity (Wildman–Crippen MR) is 71.7 cm³/mol. The molecule has 0 amide bonds. The number of hydrogen-bond acceptors (Lipinski definition) is 4. The summed E-state index contributed by atoms with van der Waals surface area (Å²) in [6, 6.07) is 0. The third-order valence-corrected chi connectivity index (χ3v) is 3.63. The maximum atomic E-state index is 11.9. The van der Waals surface area contributed by atoms with E-state index in [1.807, 2.05) is 0 Å². The zero-order valence-electron chi connectivity index (χ0n) is 10.9. The lowest BCUT2D eigenvalue weighted by Gasteiger charge is -2.39. The quantitative estimate of drug-likeness (QED) is 0.454. The Labute approximate surface area is 117 Å². The Morgan fingerprint density at radius 3 is 2.39 bits per heavy atom. The standard InChI is InChI=1S/C12H17Cl2NO3/c1-15(2)11-10(14)8(16)6-5-7-9(13)12(11,17-3)18-4/h5,7,9H,6H2,1-4H3/b7-5+,11-10-. The fourth-order valence-corrected chi connectivity index (χ4v) is 2.70. The molecule has 18 heavy (non-hydrogen) atoms. The lowest BCUT2D eigenvalue weighted by atomic mass is 10.0. The van der Waals surface area contributed by atoms with Crippen molar-refractivity contribution < 1.29 is 14.3 Å². The summed E-state index contributed by atoms with van der Waals surface area (Å²) in [5, 5.41) is -0.509. The van der Waals surface area contributed by atoms with E-state index in [1.165, 1.54) is 14.2 Å². The molecule has 1 rings (SSSR count). The number of nitrogens with zero attached hydrogens (tertiary/aromatic N) is 1. The largest absolute Gasteiger partial charge is 0.375 e. The summed E-state index contributed by atoms with van der Waals surface area (Å²) in [5.41, 5.74) is 0.420. The summed E-state index contributed by atoms with van der Waals surface area (Å²) in [5.74, 6) is -1.48. The van der Waals surface area contributed by atoms with Crippen molar-refractivity contribution in [2.45, 2.75) is 17.6 Å². The molecule has 0 aromatic rings. The highest BCUT2D eigenvalue weighted by Gasteiger charge is 2.45. The molecule has 0 saturated carbocycles. The van der Waals surface area contributed by atoms with Crippen LogP contribution in [0.15, 0.2) is 22.9 Å². The number of alkyl halides is 1. The van der Waals surface area contributed by atoms with Crippen LogP contribution in [-0.4, -0.2) is 50.2 Å². The van der Waals surface area contributed by atoms with E-state index in [4.69, 9.17) is 32.7 Å². The Kier molecular flexibility index (Phi) is 5.22. The van der Waals surface area contributed by atoms with Gasteiger partial charge in [-0.2, -0.15) is 0 Å². The second-order valence-electron chi connectivity index (χ2n) is 4.09. The van der Waals surface area contributed by atoms with E-state index in [9.17, 15) is 4.79 Å². The molecular weight excluding hydrogens is 277 g/mol. The summed E-state index contributed by atoms with van der Waals surface area (Å²) in [7, 11) is 6.44. The monoisotopic (exact) mass is 293 g/mol. The third kappa shape index (κ3) is 2.57. The van der Waals surface area contributed by atoms with Crippen molar-refractivity contribution in [2.75, 3.05) is 28.3 Å². The van der Waals surface area contributed by atoms with Gasteiger partial charge in [0.15, 0.2) is 5.78 Å². The first kappa shape index (κ1) is 15.5. The summed E-state index contributed by atoms with van der Waals surface area (Å²) in [6.45, 7) is 0. The highest BCUT2D eigenvalue weighted by molar-refractivity contribution is 6.43. The molecule has 0 N–H and O–H groups in total. The third-order valence-electron chi connectivity index (χ3n) is 2.81. The fraction of sp³-hybridized carbons (Fsp3) is 0.583. The molecule has 6 heteroatoms. The first-order valence-electron chi connectivity index (χ1n) is 5.42. The van der Waals surface area contributed by atoms with E-state index in [-0.39, 0.29) is 17.2 Å². The van der Waals surface area contributed by atoms with Gasteiger partial charge < -0.3 is 14.4 Å². The lowest BCUT2D eigenvalue weighted by Crippen LogP contribution is -2.49. The van der Waals surface area contributed by atoms with Gasteiger partial charge in [-0.05, 0) is 0 Å². The minimum absolute atomic E-state index is 0.0821. The van der Waals surface area contributed by atoms with Crippen molar-refractivity contribution >= 4 is 29.0 Å². The molecule has 1 aliphatic rings. The normalized spacial score (nSPS) is 29.7. The molecule has 102 valence electrons. The molecule has 0 fully saturated rings. The zero-order valence-corrected chi connectivity index (χ0v) is 12.4. The van der Waals surface area contributed by atoms with Gasteiger partial charge in [0.1, 0.15) is 10.4 Å². The van der Waals surface area contributed by atoms with Gasteiger partial charge >= 0.3 is 0 Å². The molecule has 1 unspecified atom stereocenters. The van der Waals surface area contributed by atoms with Crippen LogP contribution >= 0.6 is 23.2 Å². The van der Waals surface area contributed by atoms with E-state index in [0.717, 1.165) is 0 Å². The molecular formula is C12H17Cl2NO3. The lowest BCUT2D eigenvalue weighted by molar-refractivity contribution is -0.184. The van der Waals surface area contributed by atoms with E-state index in [0.29, 0.717) is 5.70 Å². The second kappa shape index (κ2) is 6.06. The van der Waals surface area contributed by atoms with Crippen LogP contribution in [-0.2, 0) is 14.3 Å². The van der Waals surface area contributed by atoms with Crippen molar-refractivity contribution in [1.29, 1.82) is 0 Å². The van der Waals surface area contributed by atoms with Gasteiger partial charge in [0.2, 0.25) is 5.79 Å². The zero-order chi connectivity index (χ0) is 13.9. The maximum absolute atomic E-state index is 11.9. The summed E-state index contributed by atoms with van der Waals surface area (Å²) >= 11 is 12.4. The molecule has 0 aromatic heterocycles. The van der Waals surface area contributed by atoms with Crippen molar-refractivity contribution in [3.05, 3.63) is 22.9 Å². The number of hydrogen-bond donors (Lipinski definition) is 0. The number of carbonyl (C=O) groups is 1. The number of allylic oxidation sites excluding steroid dienone is 2. The molecule has 0 spiro atoms. The molecule has 0 saturated heterocycles. The van der Waals surface area contributed by atoms with Crippen molar-refractivity contribution in [3.63, 3.8) is 0 Å². The molecule has 0 radical (unpaired) electrons. The van der Waals surface area contributed by atoms with Crippen molar-refractivity contribution in [1.82, 2.24) is 4.90 Å².